The van der Waals surface area contributed by atoms with Gasteiger partial charge in [0.25, 0.3) is 0 Å². The third kappa shape index (κ3) is 3.74. The maximum Gasteiger partial charge on any atom is 0.227 e. The average molecular weight is 364 g/mol. The number of methoxy groups -OCH3 is 2. The highest BCUT2D eigenvalue weighted by molar-refractivity contribution is 5.90. The lowest BCUT2D eigenvalue weighted by Crippen LogP contribution is -2.21. The summed E-state index contributed by atoms with van der Waals surface area (Å²) < 4.78 is 10.7. The minimum atomic E-state index is 0.619. The number of aromatic nitrogens is 2. The summed E-state index contributed by atoms with van der Waals surface area (Å²) in [4.78, 5) is 11.8. The lowest BCUT2D eigenvalue weighted by atomic mass is 10.2. The first kappa shape index (κ1) is 17.4. The molecular weight excluding hydrogens is 340 g/mol. The number of nitrogens with one attached hydrogen (secondary N) is 1. The molecular formula is C21H24N4O2. The zero-order valence-electron chi connectivity index (χ0n) is 15.7. The second kappa shape index (κ2) is 7.70. The van der Waals surface area contributed by atoms with Crippen LogP contribution in [0.4, 0.5) is 11.8 Å². The van der Waals surface area contributed by atoms with Gasteiger partial charge in [-0.05, 0) is 42.7 Å². The van der Waals surface area contributed by atoms with Gasteiger partial charge in [0.1, 0.15) is 17.3 Å². The molecule has 0 saturated carbocycles. The van der Waals surface area contributed by atoms with Crippen molar-refractivity contribution in [3.63, 3.8) is 0 Å². The number of anilines is 2. The molecule has 0 atom stereocenters. The molecule has 0 radical (unpaired) electrons. The van der Waals surface area contributed by atoms with Gasteiger partial charge in [0.2, 0.25) is 5.95 Å². The van der Waals surface area contributed by atoms with Crippen molar-refractivity contribution in [2.45, 2.75) is 19.4 Å². The Hall–Kier alpha value is -3.02. The zero-order chi connectivity index (χ0) is 18.6. The van der Waals surface area contributed by atoms with Gasteiger partial charge in [-0.3, -0.25) is 0 Å². The molecule has 6 heteroatoms. The van der Waals surface area contributed by atoms with Crippen molar-refractivity contribution in [1.29, 1.82) is 0 Å². The minimum absolute atomic E-state index is 0.619. The van der Waals surface area contributed by atoms with Crippen molar-refractivity contribution >= 4 is 22.7 Å². The number of hydrogen-bond acceptors (Lipinski definition) is 6. The summed E-state index contributed by atoms with van der Waals surface area (Å²) in [5, 5.41) is 4.50. The van der Waals surface area contributed by atoms with E-state index in [1.165, 1.54) is 12.8 Å². The van der Waals surface area contributed by atoms with E-state index in [0.717, 1.165) is 52.8 Å². The van der Waals surface area contributed by atoms with Crippen molar-refractivity contribution in [2.75, 3.05) is 37.5 Å². The van der Waals surface area contributed by atoms with Gasteiger partial charge in [-0.25, -0.2) is 4.98 Å². The third-order valence-corrected chi connectivity index (χ3v) is 4.85. The fraction of sp³-hybridized carbons (Fsp3) is 0.333. The Morgan fingerprint density at radius 3 is 2.37 bits per heavy atom. The smallest absolute Gasteiger partial charge is 0.227 e. The SMILES string of the molecule is COc1cc(CNc2nc(N3CCCC3)nc3ccccc23)cc(OC)c1. The van der Waals surface area contributed by atoms with Crippen LogP contribution in [0.5, 0.6) is 11.5 Å². The topological polar surface area (TPSA) is 59.5 Å². The molecule has 0 unspecified atom stereocenters. The molecule has 1 aliphatic rings. The van der Waals surface area contributed by atoms with Gasteiger partial charge in [0.05, 0.1) is 19.7 Å². The molecule has 0 bridgehead atoms. The summed E-state index contributed by atoms with van der Waals surface area (Å²) in [5.41, 5.74) is 2.02. The second-order valence-electron chi connectivity index (χ2n) is 6.66. The highest BCUT2D eigenvalue weighted by Gasteiger charge is 2.17. The van der Waals surface area contributed by atoms with Crippen molar-refractivity contribution in [3.05, 3.63) is 48.0 Å². The molecule has 4 rings (SSSR count). The van der Waals surface area contributed by atoms with Crippen LogP contribution in [0.25, 0.3) is 10.9 Å². The number of nitrogens with zero attached hydrogens (tertiary/aromatic N) is 3. The van der Waals surface area contributed by atoms with E-state index in [9.17, 15) is 0 Å². The van der Waals surface area contributed by atoms with Crippen molar-refractivity contribution < 1.29 is 9.47 Å². The molecule has 3 aromatic rings. The Morgan fingerprint density at radius 1 is 0.963 bits per heavy atom. The van der Waals surface area contributed by atoms with Crippen molar-refractivity contribution in [2.24, 2.45) is 0 Å². The van der Waals surface area contributed by atoms with Crippen LogP contribution in [0.2, 0.25) is 0 Å². The third-order valence-electron chi connectivity index (χ3n) is 4.85. The van der Waals surface area contributed by atoms with E-state index in [1.54, 1.807) is 14.2 Å². The van der Waals surface area contributed by atoms with E-state index < -0.39 is 0 Å². The van der Waals surface area contributed by atoms with E-state index in [0.29, 0.717) is 6.54 Å². The van der Waals surface area contributed by atoms with Gasteiger partial charge < -0.3 is 19.7 Å². The Morgan fingerprint density at radius 2 is 1.67 bits per heavy atom. The Balaban J connectivity index is 1.65. The number of rotatable bonds is 6. The molecule has 2 heterocycles. The summed E-state index contributed by atoms with van der Waals surface area (Å²) in [6, 6.07) is 14.0. The molecule has 1 saturated heterocycles. The van der Waals surface area contributed by atoms with Gasteiger partial charge in [0, 0.05) is 31.1 Å². The van der Waals surface area contributed by atoms with Crippen LogP contribution in [0.1, 0.15) is 18.4 Å². The van der Waals surface area contributed by atoms with Crippen LogP contribution in [0.3, 0.4) is 0 Å². The maximum absolute atomic E-state index is 5.37. The van der Waals surface area contributed by atoms with Crippen LogP contribution in [-0.4, -0.2) is 37.3 Å². The molecule has 1 fully saturated rings. The monoisotopic (exact) mass is 364 g/mol. The first-order valence-corrected chi connectivity index (χ1v) is 9.24. The second-order valence-corrected chi connectivity index (χ2v) is 6.66. The van der Waals surface area contributed by atoms with Gasteiger partial charge in [-0.15, -0.1) is 0 Å². The Labute approximate surface area is 159 Å². The maximum atomic E-state index is 5.37. The van der Waals surface area contributed by atoms with E-state index in [2.05, 4.69) is 16.3 Å². The summed E-state index contributed by atoms with van der Waals surface area (Å²) in [6.07, 6.45) is 2.39. The van der Waals surface area contributed by atoms with E-state index >= 15 is 0 Å². The predicted octanol–water partition coefficient (Wildman–Crippen LogP) is 3.86. The molecule has 1 N–H and O–H groups in total. The normalized spacial score (nSPS) is 13.8. The molecule has 27 heavy (non-hydrogen) atoms. The molecule has 1 aliphatic heterocycles. The van der Waals surface area contributed by atoms with E-state index in [4.69, 9.17) is 19.4 Å². The van der Waals surface area contributed by atoms with Crippen LogP contribution in [0, 0.1) is 0 Å². The highest BCUT2D eigenvalue weighted by Crippen LogP contribution is 2.27. The predicted molar refractivity (Wildman–Crippen MR) is 108 cm³/mol. The quantitative estimate of drug-likeness (QED) is 0.717. The van der Waals surface area contributed by atoms with Crippen molar-refractivity contribution in [1.82, 2.24) is 9.97 Å². The zero-order valence-corrected chi connectivity index (χ0v) is 15.7. The van der Waals surface area contributed by atoms with Crippen LogP contribution in [-0.2, 0) is 6.54 Å². The Bertz CT molecular complexity index is 916. The first-order valence-electron chi connectivity index (χ1n) is 9.24. The average Bonchev–Trinajstić information content (AvgIpc) is 3.26. The number of fused-ring (bicyclic) bond motifs is 1. The lowest BCUT2D eigenvalue weighted by Gasteiger charge is -2.18. The summed E-state index contributed by atoms with van der Waals surface area (Å²) >= 11 is 0. The summed E-state index contributed by atoms with van der Waals surface area (Å²) in [5.74, 6) is 3.20. The van der Waals surface area contributed by atoms with Gasteiger partial charge in [-0.1, -0.05) is 12.1 Å². The fourth-order valence-corrected chi connectivity index (χ4v) is 3.41. The van der Waals surface area contributed by atoms with Crippen LogP contribution in [0.15, 0.2) is 42.5 Å². The highest BCUT2D eigenvalue weighted by atomic mass is 16.5. The molecule has 0 spiro atoms. The number of para-hydroxylation sites is 1. The van der Waals surface area contributed by atoms with Gasteiger partial charge in [0.15, 0.2) is 0 Å². The van der Waals surface area contributed by atoms with Gasteiger partial charge in [-0.2, -0.15) is 4.98 Å². The summed E-state index contributed by atoms with van der Waals surface area (Å²) in [6.45, 7) is 2.66. The number of hydrogen-bond donors (Lipinski definition) is 1. The summed E-state index contributed by atoms with van der Waals surface area (Å²) in [7, 11) is 3.32. The number of benzene rings is 2. The lowest BCUT2D eigenvalue weighted by molar-refractivity contribution is 0.393. The fourth-order valence-electron chi connectivity index (χ4n) is 3.41. The molecule has 0 amide bonds. The molecule has 140 valence electrons. The molecule has 1 aromatic heterocycles. The van der Waals surface area contributed by atoms with Gasteiger partial charge >= 0.3 is 0 Å². The molecule has 6 nitrogen and oxygen atoms in total. The van der Waals surface area contributed by atoms with Crippen LogP contribution < -0.4 is 19.7 Å². The number of ether oxygens (including phenoxy) is 2. The molecule has 0 aliphatic carbocycles. The van der Waals surface area contributed by atoms with Crippen molar-refractivity contribution in [3.8, 4) is 11.5 Å². The largest absolute Gasteiger partial charge is 0.497 e. The standard InChI is InChI=1S/C21H24N4O2/c1-26-16-11-15(12-17(13-16)27-2)14-22-20-18-7-3-4-8-19(18)23-21(24-20)25-9-5-6-10-25/h3-4,7-8,11-13H,5-6,9-10,14H2,1-2H3,(H,22,23,24). The minimum Gasteiger partial charge on any atom is -0.497 e. The van der Waals surface area contributed by atoms with Crippen LogP contribution >= 0.6 is 0 Å². The Kier molecular flexibility index (Phi) is 4.96. The van der Waals surface area contributed by atoms with E-state index in [1.807, 2.05) is 36.4 Å². The molecule has 2 aromatic carbocycles. The van der Waals surface area contributed by atoms with E-state index in [-0.39, 0.29) is 0 Å². The first-order chi connectivity index (χ1) is 13.3.